The zero-order valence-corrected chi connectivity index (χ0v) is 11.9. The van der Waals surface area contributed by atoms with Crippen LogP contribution >= 0.6 is 0 Å². The molecule has 0 amide bonds. The molecular formula is C16H16ClNO2. The smallest absolute Gasteiger partial charge is 0.370 e. The van der Waals surface area contributed by atoms with Gasteiger partial charge in [0.25, 0.3) is 0 Å². The highest BCUT2D eigenvalue weighted by Crippen LogP contribution is 2.07. The fourth-order valence-corrected chi connectivity index (χ4v) is 1.79. The molecule has 0 aliphatic heterocycles. The number of aliphatic carboxylic acids is 1. The first-order chi connectivity index (χ1) is 9.15. The minimum atomic E-state index is -0.846. The quantitative estimate of drug-likeness (QED) is 0.774. The van der Waals surface area contributed by atoms with E-state index < -0.39 is 5.97 Å². The van der Waals surface area contributed by atoms with Crippen molar-refractivity contribution < 1.29 is 26.9 Å². The number of benzene rings is 1. The fourth-order valence-electron chi connectivity index (χ4n) is 1.79. The van der Waals surface area contributed by atoms with Crippen molar-refractivity contribution in [2.45, 2.75) is 13.5 Å². The number of pyridine rings is 1. The summed E-state index contributed by atoms with van der Waals surface area (Å²) in [7, 11) is 0. The maximum atomic E-state index is 10.8. The predicted molar refractivity (Wildman–Crippen MR) is 74.4 cm³/mol. The van der Waals surface area contributed by atoms with Crippen LogP contribution in [0.4, 0.5) is 0 Å². The van der Waals surface area contributed by atoms with Crippen LogP contribution in [0, 0.1) is 6.92 Å². The summed E-state index contributed by atoms with van der Waals surface area (Å²) < 4.78 is 1.70. The van der Waals surface area contributed by atoms with Gasteiger partial charge in [-0.15, -0.1) is 0 Å². The van der Waals surface area contributed by atoms with E-state index >= 15 is 0 Å². The summed E-state index contributed by atoms with van der Waals surface area (Å²) in [6.07, 6.45) is 5.67. The molecule has 1 heterocycles. The molecule has 1 aromatic heterocycles. The Hall–Kier alpha value is -2.13. The van der Waals surface area contributed by atoms with Gasteiger partial charge in [-0.2, -0.15) is 4.57 Å². The van der Waals surface area contributed by atoms with Crippen molar-refractivity contribution >= 4 is 18.1 Å². The summed E-state index contributed by atoms with van der Waals surface area (Å²) in [6, 6.07) is 13.8. The molecule has 2 aromatic rings. The maximum Gasteiger partial charge on any atom is 0.370 e. The van der Waals surface area contributed by atoms with Gasteiger partial charge in [0.15, 0.2) is 6.20 Å². The summed E-state index contributed by atoms with van der Waals surface area (Å²) in [6.45, 7) is 2.01. The zero-order valence-electron chi connectivity index (χ0n) is 11.2. The first-order valence-electron chi connectivity index (χ1n) is 6.10. The van der Waals surface area contributed by atoms with Crippen molar-refractivity contribution in [1.29, 1.82) is 0 Å². The Kier molecular flexibility index (Phi) is 5.94. The fraction of sp³-hybridized carbons (Fsp3) is 0.125. The van der Waals surface area contributed by atoms with Crippen molar-refractivity contribution in [2.75, 3.05) is 0 Å². The Morgan fingerprint density at radius 3 is 2.50 bits per heavy atom. The second-order valence-corrected chi connectivity index (χ2v) is 4.39. The molecule has 0 radical (unpaired) electrons. The maximum absolute atomic E-state index is 10.8. The minimum Gasteiger partial charge on any atom is -1.00 e. The highest BCUT2D eigenvalue weighted by Gasteiger charge is 2.10. The molecular weight excluding hydrogens is 274 g/mol. The average molecular weight is 290 g/mol. The molecule has 104 valence electrons. The van der Waals surface area contributed by atoms with Gasteiger partial charge in [0.05, 0.1) is 0 Å². The van der Waals surface area contributed by atoms with Gasteiger partial charge in [-0.3, -0.25) is 0 Å². The summed E-state index contributed by atoms with van der Waals surface area (Å²) in [4.78, 5) is 10.8. The molecule has 0 fully saturated rings. The van der Waals surface area contributed by atoms with E-state index in [4.69, 9.17) is 5.11 Å². The molecule has 1 N–H and O–H groups in total. The van der Waals surface area contributed by atoms with Crippen molar-refractivity contribution in [3.05, 3.63) is 65.5 Å². The predicted octanol–water partition coefficient (Wildman–Crippen LogP) is -0.458. The molecule has 0 bridgehead atoms. The Morgan fingerprint density at radius 1 is 1.15 bits per heavy atom. The normalized spacial score (nSPS) is 10.2. The summed E-state index contributed by atoms with van der Waals surface area (Å²) in [5.41, 5.74) is 3.18. The molecule has 0 saturated carbocycles. The highest BCUT2D eigenvalue weighted by atomic mass is 35.5. The average Bonchev–Trinajstić information content (AvgIpc) is 2.39. The van der Waals surface area contributed by atoms with Gasteiger partial charge in [-0.1, -0.05) is 29.8 Å². The van der Waals surface area contributed by atoms with Crippen LogP contribution < -0.4 is 17.0 Å². The molecule has 0 aliphatic carbocycles. The Morgan fingerprint density at radius 2 is 1.85 bits per heavy atom. The standard InChI is InChI=1S/C16H15NO2.ClH/c1-13-5-7-14(8-6-13)9-10-15-4-2-3-11-17(15)12-16(18)19;/h2-11H,12H2,1H3;1H/b10-9+;. The van der Waals surface area contributed by atoms with E-state index in [0.717, 1.165) is 11.3 Å². The number of carbonyl (C=O) groups is 1. The summed E-state index contributed by atoms with van der Waals surface area (Å²) in [5.74, 6) is -0.846. The number of aromatic nitrogens is 1. The highest BCUT2D eigenvalue weighted by molar-refractivity contribution is 5.68. The van der Waals surface area contributed by atoms with Crippen LogP contribution in [0.25, 0.3) is 12.2 Å². The third-order valence-electron chi connectivity index (χ3n) is 2.81. The van der Waals surface area contributed by atoms with Crippen LogP contribution in [0.2, 0.25) is 0 Å². The van der Waals surface area contributed by atoms with Gasteiger partial charge in [0.2, 0.25) is 12.2 Å². The molecule has 2 rings (SSSR count). The van der Waals surface area contributed by atoms with Crippen LogP contribution in [0.3, 0.4) is 0 Å². The minimum absolute atomic E-state index is 0. The second kappa shape index (κ2) is 7.46. The van der Waals surface area contributed by atoms with Gasteiger partial charge in [0.1, 0.15) is 0 Å². The topological polar surface area (TPSA) is 41.2 Å². The zero-order chi connectivity index (χ0) is 13.7. The Labute approximate surface area is 124 Å². The number of carboxylic acid groups (broad SMARTS) is 1. The van der Waals surface area contributed by atoms with Crippen molar-refractivity contribution in [1.82, 2.24) is 0 Å². The number of nitrogens with zero attached hydrogens (tertiary/aromatic N) is 1. The van der Waals surface area contributed by atoms with Crippen LogP contribution in [0.5, 0.6) is 0 Å². The van der Waals surface area contributed by atoms with Gasteiger partial charge >= 0.3 is 5.97 Å². The van der Waals surface area contributed by atoms with E-state index in [1.54, 1.807) is 10.8 Å². The first-order valence-corrected chi connectivity index (χ1v) is 6.10. The summed E-state index contributed by atoms with van der Waals surface area (Å²) >= 11 is 0. The lowest BCUT2D eigenvalue weighted by Gasteiger charge is -1.97. The summed E-state index contributed by atoms with van der Waals surface area (Å²) in [5, 5.41) is 8.86. The van der Waals surface area contributed by atoms with E-state index in [0.29, 0.717) is 0 Å². The van der Waals surface area contributed by atoms with Crippen LogP contribution in [0.1, 0.15) is 16.8 Å². The largest absolute Gasteiger partial charge is 1.00 e. The van der Waals surface area contributed by atoms with Crippen LogP contribution in [0.15, 0.2) is 48.7 Å². The monoisotopic (exact) mass is 289 g/mol. The van der Waals surface area contributed by atoms with E-state index in [9.17, 15) is 4.79 Å². The molecule has 20 heavy (non-hydrogen) atoms. The number of carboxylic acids is 1. The van der Waals surface area contributed by atoms with E-state index in [1.165, 1.54) is 5.56 Å². The van der Waals surface area contributed by atoms with E-state index in [-0.39, 0.29) is 19.0 Å². The lowest BCUT2D eigenvalue weighted by Crippen LogP contribution is -3.00. The Balaban J connectivity index is 0.00000200. The van der Waals surface area contributed by atoms with E-state index in [2.05, 4.69) is 12.1 Å². The molecule has 0 atom stereocenters. The molecule has 3 nitrogen and oxygen atoms in total. The van der Waals surface area contributed by atoms with Gasteiger partial charge in [-0.05, 0) is 24.6 Å². The lowest BCUT2D eigenvalue weighted by atomic mass is 10.1. The number of aryl methyl sites for hydroxylation is 1. The number of hydrogen-bond acceptors (Lipinski definition) is 1. The van der Waals surface area contributed by atoms with Crippen LogP contribution in [-0.2, 0) is 11.3 Å². The van der Waals surface area contributed by atoms with Crippen molar-refractivity contribution in [3.63, 3.8) is 0 Å². The number of hydrogen-bond donors (Lipinski definition) is 1. The van der Waals surface area contributed by atoms with Gasteiger partial charge in [0, 0.05) is 18.2 Å². The molecule has 4 heteroatoms. The van der Waals surface area contributed by atoms with Crippen molar-refractivity contribution in [2.24, 2.45) is 0 Å². The second-order valence-electron chi connectivity index (χ2n) is 4.39. The van der Waals surface area contributed by atoms with Crippen LogP contribution in [-0.4, -0.2) is 11.1 Å². The van der Waals surface area contributed by atoms with Gasteiger partial charge < -0.3 is 17.5 Å². The lowest BCUT2D eigenvalue weighted by molar-refractivity contribution is -0.687. The van der Waals surface area contributed by atoms with Crippen molar-refractivity contribution in [3.8, 4) is 0 Å². The van der Waals surface area contributed by atoms with Gasteiger partial charge in [-0.25, -0.2) is 4.79 Å². The molecule has 1 aromatic carbocycles. The SMILES string of the molecule is Cc1ccc(/C=C/c2cccc[n+]2CC(=O)O)cc1.[Cl-]. The first kappa shape index (κ1) is 15.9. The molecule has 0 spiro atoms. The molecule has 0 aliphatic rings. The third kappa shape index (κ3) is 4.52. The molecule has 0 saturated heterocycles. The molecule has 0 unspecified atom stereocenters. The number of halogens is 1. The van der Waals surface area contributed by atoms with E-state index in [1.807, 2.05) is 49.4 Å². The number of rotatable bonds is 4. The Bertz CT molecular complexity index is 606. The third-order valence-corrected chi connectivity index (χ3v) is 2.81.